The fourth-order valence-corrected chi connectivity index (χ4v) is 1.27. The first kappa shape index (κ1) is 31.7. The summed E-state index contributed by atoms with van der Waals surface area (Å²) in [6, 6.07) is 0. The van der Waals surface area contributed by atoms with Crippen molar-refractivity contribution < 1.29 is 54.4 Å². The smallest absolute Gasteiger partial charge is 0.412 e. The highest BCUT2D eigenvalue weighted by Gasteiger charge is 2.11. The number of aliphatic hydroxyl groups excluding tert-OH is 4. The van der Waals surface area contributed by atoms with Gasteiger partial charge in [-0.25, -0.2) is 0 Å². The Labute approximate surface area is 149 Å². The Morgan fingerprint density at radius 2 is 1.61 bits per heavy atom. The lowest BCUT2D eigenvalue weighted by Gasteiger charge is -2.06. The summed E-state index contributed by atoms with van der Waals surface area (Å²) in [4.78, 5) is 24.1. The number of alkyl halides is 3. The van der Waals surface area contributed by atoms with E-state index in [0.717, 1.165) is 0 Å². The molecule has 0 rings (SSSR count). The van der Waals surface area contributed by atoms with Gasteiger partial charge in [0.1, 0.15) is 0 Å². The molecular weight excluding hydrogens is 428 g/mol. The Kier molecular flexibility index (Phi) is 31.7. The average Bonchev–Trinajstić information content (AvgIpc) is 2.44. The molecule has 0 aliphatic heterocycles. The zero-order valence-corrected chi connectivity index (χ0v) is 15.5. The normalized spacial score (nSPS) is 14.3. The molecule has 0 bridgehead atoms. The van der Waals surface area contributed by atoms with Crippen LogP contribution in [0.5, 0.6) is 0 Å². The second-order valence-corrected chi connectivity index (χ2v) is 5.57. The van der Waals surface area contributed by atoms with Crippen molar-refractivity contribution in [3.05, 3.63) is 0 Å². The summed E-state index contributed by atoms with van der Waals surface area (Å²) in [5.74, 6) is -1.54. The maximum Gasteiger partial charge on any atom is 0.534 e. The monoisotopic (exact) mass is 447 g/mol. The minimum absolute atomic E-state index is 0. The predicted octanol–water partition coefficient (Wildman–Crippen LogP) is -1.26. The van der Waals surface area contributed by atoms with Crippen LogP contribution in [0.25, 0.3) is 0 Å². The van der Waals surface area contributed by atoms with Crippen LogP contribution in [0.4, 0.5) is 0 Å². The molecule has 23 heavy (non-hydrogen) atoms. The summed E-state index contributed by atoms with van der Waals surface area (Å²) in [6.07, 6.45) is -2.45. The Morgan fingerprint density at radius 3 is 1.70 bits per heavy atom. The largest absolute Gasteiger partial charge is 0.534 e. The molecule has 0 amide bonds. The molecule has 0 aliphatic rings. The number of halogens is 3. The summed E-state index contributed by atoms with van der Waals surface area (Å²) in [5, 5.41) is 32.8. The molecule has 0 saturated heterocycles. The standard InChI is InChI=1S/C3H7ClO2.C2H4ClO4P.C2H6ClO4P.H2O/c4-1-3(6)2-5;3-2(4)7-1-8(5)6;3-1-2(4)7-8(5)6;/h3,5-6H,1-2H2;2,4H,1H2;2,4-6H,1H2;1H2/p+1. The maximum atomic E-state index is 9.76. The molecule has 4 unspecified atom stereocenters. The topological polar surface area (TPSA) is 209 Å². The fourth-order valence-electron chi connectivity index (χ4n) is 0.311. The van der Waals surface area contributed by atoms with Crippen molar-refractivity contribution in [1.29, 1.82) is 0 Å². The number of hydrogen-bond donors (Lipinski definition) is 7. The predicted molar refractivity (Wildman–Crippen MR) is 84.2 cm³/mol. The summed E-state index contributed by atoms with van der Waals surface area (Å²) in [6.45, 7) is -0.247. The van der Waals surface area contributed by atoms with Crippen LogP contribution in [0.15, 0.2) is 0 Å². The van der Waals surface area contributed by atoms with Crippen LogP contribution in [-0.4, -0.2) is 83.4 Å². The van der Waals surface area contributed by atoms with Crippen molar-refractivity contribution in [2.24, 2.45) is 0 Å². The maximum absolute atomic E-state index is 9.76. The van der Waals surface area contributed by atoms with E-state index in [9.17, 15) is 4.57 Å². The van der Waals surface area contributed by atoms with Gasteiger partial charge in [0.05, 0.1) is 24.5 Å². The molecule has 0 heterocycles. The molecular formula is C7H20Cl3O11P2+. The number of ether oxygens (including phenoxy) is 1. The van der Waals surface area contributed by atoms with Gasteiger partial charge < -0.3 is 35.7 Å². The van der Waals surface area contributed by atoms with E-state index in [-0.39, 0.29) is 23.8 Å². The van der Waals surface area contributed by atoms with Crippen LogP contribution in [0.1, 0.15) is 0 Å². The van der Waals surface area contributed by atoms with E-state index in [2.05, 4.69) is 9.26 Å². The van der Waals surface area contributed by atoms with E-state index in [1.54, 1.807) is 0 Å². The van der Waals surface area contributed by atoms with Crippen molar-refractivity contribution in [1.82, 2.24) is 0 Å². The van der Waals surface area contributed by atoms with E-state index in [4.69, 9.17) is 69.9 Å². The number of hydrogen-bond acceptors (Lipinski definition) is 9. The second-order valence-electron chi connectivity index (χ2n) is 2.90. The van der Waals surface area contributed by atoms with E-state index >= 15 is 0 Å². The van der Waals surface area contributed by atoms with Crippen molar-refractivity contribution in [2.75, 3.05) is 24.7 Å². The fraction of sp³-hybridized carbons (Fsp3) is 1.00. The third kappa shape index (κ3) is 39.6. The molecule has 0 aromatic heterocycles. The minimum Gasteiger partial charge on any atom is -0.412 e. The van der Waals surface area contributed by atoms with E-state index in [1.807, 2.05) is 0 Å². The SMILES string of the molecule is O.O=[P+](O)COC(O)Cl.OC(CCl)OP(O)O.OCC(O)CCl. The molecule has 11 nitrogen and oxygen atoms in total. The molecule has 0 spiro atoms. The highest BCUT2D eigenvalue weighted by Crippen LogP contribution is 2.25. The molecule has 0 aromatic carbocycles. The average molecular weight is 449 g/mol. The Balaban J connectivity index is -0.000000117. The van der Waals surface area contributed by atoms with Crippen LogP contribution in [0, 0.1) is 0 Å². The minimum atomic E-state index is -2.48. The highest BCUT2D eigenvalue weighted by atomic mass is 35.5. The molecule has 16 heteroatoms. The van der Waals surface area contributed by atoms with E-state index in [1.165, 1.54) is 0 Å². The van der Waals surface area contributed by atoms with Gasteiger partial charge in [-0.3, -0.25) is 9.26 Å². The summed E-state index contributed by atoms with van der Waals surface area (Å²) in [7, 11) is -4.83. The quantitative estimate of drug-likeness (QED) is 0.133. The van der Waals surface area contributed by atoms with Gasteiger partial charge in [0, 0.05) is 0 Å². The van der Waals surface area contributed by atoms with Crippen LogP contribution in [-0.2, 0) is 13.8 Å². The third-order valence-electron chi connectivity index (χ3n) is 1.06. The summed E-state index contributed by atoms with van der Waals surface area (Å²) in [5.41, 5.74) is 0. The second kappa shape index (κ2) is 23.0. The van der Waals surface area contributed by atoms with Crippen molar-refractivity contribution in [3.8, 4) is 0 Å². The Bertz CT molecular complexity index is 248. The number of aliphatic hydroxyl groups is 4. The Hall–Kier alpha value is 1.000. The van der Waals surface area contributed by atoms with Gasteiger partial charge in [-0.05, 0) is 4.57 Å². The first-order chi connectivity index (χ1) is 10.1. The lowest BCUT2D eigenvalue weighted by Crippen LogP contribution is -2.12. The van der Waals surface area contributed by atoms with Crippen LogP contribution in [0.2, 0.25) is 0 Å². The lowest BCUT2D eigenvalue weighted by molar-refractivity contribution is -0.0192. The number of rotatable bonds is 8. The molecule has 0 radical (unpaired) electrons. The van der Waals surface area contributed by atoms with Gasteiger partial charge in [-0.1, -0.05) is 11.6 Å². The molecule has 0 fully saturated rings. The van der Waals surface area contributed by atoms with Crippen molar-refractivity contribution in [2.45, 2.75) is 18.1 Å². The molecule has 0 aromatic rings. The lowest BCUT2D eigenvalue weighted by atomic mass is 10.5. The van der Waals surface area contributed by atoms with Gasteiger partial charge in [0.15, 0.2) is 6.29 Å². The van der Waals surface area contributed by atoms with E-state index in [0.29, 0.717) is 0 Å². The van der Waals surface area contributed by atoms with Gasteiger partial charge in [0.2, 0.25) is 5.75 Å². The highest BCUT2D eigenvalue weighted by molar-refractivity contribution is 7.39. The van der Waals surface area contributed by atoms with Crippen molar-refractivity contribution >= 4 is 51.4 Å². The molecule has 4 atom stereocenters. The van der Waals surface area contributed by atoms with Crippen LogP contribution >= 0.6 is 51.4 Å². The van der Waals surface area contributed by atoms with Gasteiger partial charge in [-0.15, -0.1) is 23.2 Å². The zero-order chi connectivity index (χ0) is 18.1. The van der Waals surface area contributed by atoms with E-state index < -0.39 is 41.1 Å². The summed E-state index contributed by atoms with van der Waals surface area (Å²) < 4.78 is 17.8. The first-order valence-electron chi connectivity index (χ1n) is 5.11. The van der Waals surface area contributed by atoms with Gasteiger partial charge in [0.25, 0.3) is 6.35 Å². The first-order valence-corrected chi connectivity index (χ1v) is 9.18. The third-order valence-corrected chi connectivity index (χ3v) is 2.61. The van der Waals surface area contributed by atoms with Gasteiger partial charge >= 0.3 is 16.6 Å². The van der Waals surface area contributed by atoms with Crippen LogP contribution < -0.4 is 0 Å². The zero-order valence-electron chi connectivity index (χ0n) is 11.4. The molecule has 0 saturated carbocycles. The summed E-state index contributed by atoms with van der Waals surface area (Å²) >= 11 is 14.9. The molecule has 144 valence electrons. The molecule has 9 N–H and O–H groups in total. The Morgan fingerprint density at radius 1 is 1.13 bits per heavy atom. The molecule has 0 aliphatic carbocycles. The van der Waals surface area contributed by atoms with Gasteiger partial charge in [-0.2, -0.15) is 4.89 Å². The van der Waals surface area contributed by atoms with Crippen molar-refractivity contribution in [3.63, 3.8) is 0 Å². The van der Waals surface area contributed by atoms with Crippen LogP contribution in [0.3, 0.4) is 0 Å².